The molecule has 0 spiro atoms. The lowest BCUT2D eigenvalue weighted by molar-refractivity contribution is 0.341. The highest BCUT2D eigenvalue weighted by atomic mass is 19.1. The lowest BCUT2D eigenvalue weighted by atomic mass is 9.92. The lowest BCUT2D eigenvalue weighted by Crippen LogP contribution is -2.05. The van der Waals surface area contributed by atoms with Crippen molar-refractivity contribution in [2.24, 2.45) is 13.0 Å². The second-order valence-corrected chi connectivity index (χ2v) is 7.75. The first-order chi connectivity index (χ1) is 14.5. The van der Waals surface area contributed by atoms with Crippen LogP contribution in [0.1, 0.15) is 19.0 Å². The van der Waals surface area contributed by atoms with E-state index < -0.39 is 0 Å². The minimum Gasteiger partial charge on any atom is -0.512 e. The summed E-state index contributed by atoms with van der Waals surface area (Å²) in [6.07, 6.45) is 10.4. The van der Waals surface area contributed by atoms with Gasteiger partial charge in [-0.1, -0.05) is 13.0 Å². The quantitative estimate of drug-likeness (QED) is 0.501. The minimum atomic E-state index is -0.268. The maximum atomic E-state index is 13.4. The van der Waals surface area contributed by atoms with E-state index in [9.17, 15) is 9.50 Å². The summed E-state index contributed by atoms with van der Waals surface area (Å²) in [6.45, 7) is 2.01. The number of rotatable bonds is 3. The van der Waals surface area contributed by atoms with Gasteiger partial charge in [0.2, 0.25) is 0 Å². The SMILES string of the molecule is C[C@@H]1CC(c2cnc3ccc(-c4cn(C)nc4-c4ccc(F)cc4)cn23)=CC=C1O. The van der Waals surface area contributed by atoms with E-state index in [1.807, 2.05) is 44.6 Å². The summed E-state index contributed by atoms with van der Waals surface area (Å²) in [5, 5.41) is 14.5. The molecule has 0 fully saturated rings. The van der Waals surface area contributed by atoms with Crippen LogP contribution in [0.4, 0.5) is 4.39 Å². The number of imidazole rings is 1. The zero-order chi connectivity index (χ0) is 20.8. The third-order valence-corrected chi connectivity index (χ3v) is 5.58. The van der Waals surface area contributed by atoms with Crippen molar-refractivity contribution in [2.45, 2.75) is 13.3 Å². The van der Waals surface area contributed by atoms with Crippen molar-refractivity contribution < 1.29 is 9.50 Å². The first-order valence-electron chi connectivity index (χ1n) is 9.87. The lowest BCUT2D eigenvalue weighted by Gasteiger charge is -2.17. The van der Waals surface area contributed by atoms with Crippen LogP contribution >= 0.6 is 0 Å². The summed E-state index contributed by atoms with van der Waals surface area (Å²) in [6, 6.07) is 10.4. The predicted molar refractivity (Wildman–Crippen MR) is 115 cm³/mol. The molecule has 0 saturated carbocycles. The van der Waals surface area contributed by atoms with Crippen molar-refractivity contribution in [3.8, 4) is 22.4 Å². The Morgan fingerprint density at radius 2 is 1.80 bits per heavy atom. The van der Waals surface area contributed by atoms with Gasteiger partial charge in [-0.05, 0) is 54.5 Å². The molecular formula is C24H21FN4O. The molecule has 4 aromatic rings. The number of hydrogen-bond donors (Lipinski definition) is 1. The highest BCUT2D eigenvalue weighted by Crippen LogP contribution is 2.34. The van der Waals surface area contributed by atoms with E-state index in [0.29, 0.717) is 5.76 Å². The molecule has 5 nitrogen and oxygen atoms in total. The van der Waals surface area contributed by atoms with Gasteiger partial charge in [0, 0.05) is 42.0 Å². The molecule has 1 atom stereocenters. The van der Waals surface area contributed by atoms with Gasteiger partial charge in [-0.2, -0.15) is 5.10 Å². The summed E-state index contributed by atoms with van der Waals surface area (Å²) in [4.78, 5) is 4.54. The molecule has 1 N–H and O–H groups in total. The Kier molecular flexibility index (Phi) is 4.28. The second kappa shape index (κ2) is 6.99. The van der Waals surface area contributed by atoms with Crippen molar-refractivity contribution in [3.05, 3.63) is 84.4 Å². The zero-order valence-corrected chi connectivity index (χ0v) is 16.7. The molecule has 30 heavy (non-hydrogen) atoms. The molecule has 0 aliphatic heterocycles. The molecule has 6 heteroatoms. The van der Waals surface area contributed by atoms with E-state index in [-0.39, 0.29) is 11.7 Å². The predicted octanol–water partition coefficient (Wildman–Crippen LogP) is 5.41. The Bertz CT molecular complexity index is 1310. The standard InChI is InChI=1S/C24H21FN4O/c1-15-11-17(5-9-22(15)30)21-12-26-23-10-6-18(13-29(21)23)20-14-28(2)27-24(20)16-3-7-19(25)8-4-16/h3-10,12-15,30H,11H2,1-2H3/t15-/m1/s1. The molecule has 5 rings (SSSR count). The number of nitrogens with zero attached hydrogens (tertiary/aromatic N) is 4. The van der Waals surface area contributed by atoms with Gasteiger partial charge in [-0.3, -0.25) is 9.08 Å². The number of benzene rings is 1. The van der Waals surface area contributed by atoms with Gasteiger partial charge >= 0.3 is 0 Å². The van der Waals surface area contributed by atoms with Gasteiger partial charge in [0.05, 0.1) is 17.6 Å². The highest BCUT2D eigenvalue weighted by Gasteiger charge is 2.19. The Hall–Kier alpha value is -3.67. The largest absolute Gasteiger partial charge is 0.512 e. The number of aromatic nitrogens is 4. The van der Waals surface area contributed by atoms with Gasteiger partial charge in [-0.15, -0.1) is 0 Å². The average molecular weight is 400 g/mol. The van der Waals surface area contributed by atoms with Crippen LogP contribution in [0.25, 0.3) is 33.6 Å². The van der Waals surface area contributed by atoms with Crippen LogP contribution in [0.5, 0.6) is 0 Å². The summed E-state index contributed by atoms with van der Waals surface area (Å²) >= 11 is 0. The van der Waals surface area contributed by atoms with Gasteiger partial charge in [-0.25, -0.2) is 9.37 Å². The van der Waals surface area contributed by atoms with E-state index in [1.54, 1.807) is 22.9 Å². The summed E-state index contributed by atoms with van der Waals surface area (Å²) in [7, 11) is 1.88. The van der Waals surface area contributed by atoms with Crippen molar-refractivity contribution in [3.63, 3.8) is 0 Å². The molecule has 1 aliphatic carbocycles. The molecule has 0 unspecified atom stereocenters. The molecule has 1 aliphatic rings. The van der Waals surface area contributed by atoms with Gasteiger partial charge in [0.15, 0.2) is 0 Å². The normalized spacial score (nSPS) is 16.6. The molecular weight excluding hydrogens is 379 g/mol. The summed E-state index contributed by atoms with van der Waals surface area (Å²) in [5.74, 6) is 0.227. The molecule has 1 aromatic carbocycles. The fourth-order valence-corrected chi connectivity index (χ4v) is 3.94. The number of hydrogen-bond acceptors (Lipinski definition) is 3. The maximum absolute atomic E-state index is 13.4. The van der Waals surface area contributed by atoms with Gasteiger partial charge < -0.3 is 5.11 Å². The van der Waals surface area contributed by atoms with Gasteiger partial charge in [0.25, 0.3) is 0 Å². The third kappa shape index (κ3) is 3.10. The van der Waals surface area contributed by atoms with Crippen molar-refractivity contribution in [1.82, 2.24) is 19.2 Å². The van der Waals surface area contributed by atoms with Crippen molar-refractivity contribution in [2.75, 3.05) is 0 Å². The number of pyridine rings is 1. The number of halogens is 1. The Labute approximate surface area is 173 Å². The van der Waals surface area contributed by atoms with Crippen LogP contribution in [0.3, 0.4) is 0 Å². The van der Waals surface area contributed by atoms with Crippen LogP contribution < -0.4 is 0 Å². The molecule has 0 amide bonds. The van der Waals surface area contributed by atoms with Crippen LogP contribution in [-0.2, 0) is 7.05 Å². The van der Waals surface area contributed by atoms with E-state index in [1.165, 1.54) is 12.1 Å². The van der Waals surface area contributed by atoms with E-state index in [4.69, 9.17) is 0 Å². The maximum Gasteiger partial charge on any atom is 0.137 e. The molecule has 0 bridgehead atoms. The highest BCUT2D eigenvalue weighted by molar-refractivity contribution is 5.81. The van der Waals surface area contributed by atoms with Gasteiger partial charge in [0.1, 0.15) is 17.2 Å². The average Bonchev–Trinajstić information content (AvgIpc) is 3.34. The van der Waals surface area contributed by atoms with Crippen LogP contribution in [0.15, 0.2) is 72.9 Å². The van der Waals surface area contributed by atoms with Crippen LogP contribution in [0.2, 0.25) is 0 Å². The molecule has 3 aromatic heterocycles. The Morgan fingerprint density at radius 3 is 2.57 bits per heavy atom. The first kappa shape index (κ1) is 18.4. The molecule has 0 radical (unpaired) electrons. The molecule has 150 valence electrons. The van der Waals surface area contributed by atoms with Crippen molar-refractivity contribution in [1.29, 1.82) is 0 Å². The zero-order valence-electron chi connectivity index (χ0n) is 16.7. The molecule has 0 saturated heterocycles. The van der Waals surface area contributed by atoms with E-state index in [2.05, 4.69) is 20.7 Å². The van der Waals surface area contributed by atoms with Crippen LogP contribution in [-0.4, -0.2) is 24.3 Å². The van der Waals surface area contributed by atoms with Crippen molar-refractivity contribution >= 4 is 11.2 Å². The topological polar surface area (TPSA) is 55.4 Å². The summed E-state index contributed by atoms with van der Waals surface area (Å²) < 4.78 is 17.2. The number of aryl methyl sites for hydroxylation is 1. The first-order valence-corrected chi connectivity index (χ1v) is 9.87. The fourth-order valence-electron chi connectivity index (χ4n) is 3.94. The van der Waals surface area contributed by atoms with E-state index in [0.717, 1.165) is 45.7 Å². The third-order valence-electron chi connectivity index (χ3n) is 5.58. The monoisotopic (exact) mass is 400 g/mol. The number of fused-ring (bicyclic) bond motifs is 1. The van der Waals surface area contributed by atoms with Crippen LogP contribution in [0, 0.1) is 11.7 Å². The summed E-state index contributed by atoms with van der Waals surface area (Å²) in [5.41, 5.74) is 6.63. The molecule has 3 heterocycles. The second-order valence-electron chi connectivity index (χ2n) is 7.75. The fraction of sp³-hybridized carbons (Fsp3) is 0.167. The Morgan fingerprint density at radius 1 is 1.03 bits per heavy atom. The van der Waals surface area contributed by atoms with E-state index >= 15 is 0 Å². The number of allylic oxidation sites excluding steroid dienone is 4. The number of aliphatic hydroxyl groups is 1. The Balaban J connectivity index is 1.63. The smallest absolute Gasteiger partial charge is 0.137 e. The minimum absolute atomic E-state index is 0.0853. The number of aliphatic hydroxyl groups excluding tert-OH is 1.